The summed E-state index contributed by atoms with van der Waals surface area (Å²) in [5, 5.41) is 18.3. The summed E-state index contributed by atoms with van der Waals surface area (Å²) in [5.74, 6) is 0. The molecule has 0 fully saturated rings. The number of anilines is 1. The quantitative estimate of drug-likeness (QED) is 0.910. The molecule has 96 valence electrons. The maximum Gasteiger partial charge on any atom is 0.101 e. The molecule has 0 aliphatic carbocycles. The maximum absolute atomic E-state index is 9.20. The lowest BCUT2D eigenvalue weighted by molar-refractivity contribution is 0.282. The zero-order chi connectivity index (χ0) is 13.7. The van der Waals surface area contributed by atoms with Crippen LogP contribution in [0.4, 0.5) is 5.69 Å². The van der Waals surface area contributed by atoms with Gasteiger partial charge in [-0.05, 0) is 23.3 Å². The summed E-state index contributed by atoms with van der Waals surface area (Å²) in [6.07, 6.45) is 0. The Labute approximate surface area is 113 Å². The number of nitriles is 1. The predicted octanol–water partition coefficient (Wildman–Crippen LogP) is 2.69. The lowest BCUT2D eigenvalue weighted by atomic mass is 10.1. The van der Waals surface area contributed by atoms with Crippen molar-refractivity contribution in [1.29, 1.82) is 5.26 Å². The van der Waals surface area contributed by atoms with E-state index in [1.165, 1.54) is 5.56 Å². The summed E-state index contributed by atoms with van der Waals surface area (Å²) < 4.78 is 0. The summed E-state index contributed by atoms with van der Waals surface area (Å²) in [5.41, 5.74) is 3.42. The van der Waals surface area contributed by atoms with Gasteiger partial charge in [0.25, 0.3) is 0 Å². The zero-order valence-electron chi connectivity index (χ0n) is 10.9. The summed E-state index contributed by atoms with van der Waals surface area (Å²) >= 11 is 0. The number of hydrogen-bond donors (Lipinski definition) is 1. The molecule has 2 rings (SSSR count). The minimum atomic E-state index is -0.0443. The van der Waals surface area contributed by atoms with E-state index in [2.05, 4.69) is 18.2 Å². The smallest absolute Gasteiger partial charge is 0.101 e. The molecule has 3 nitrogen and oxygen atoms in total. The standard InChI is InChI=1S/C16H16N2O/c1-18(11-13-5-3-2-4-6-13)16-8-7-14(12-19)9-15(16)10-17/h2-9,19H,11-12H2,1H3. The average molecular weight is 252 g/mol. The van der Waals surface area contributed by atoms with Gasteiger partial charge in [-0.25, -0.2) is 0 Å². The fourth-order valence-corrected chi connectivity index (χ4v) is 2.05. The van der Waals surface area contributed by atoms with Crippen LogP contribution < -0.4 is 4.90 Å². The van der Waals surface area contributed by atoms with E-state index >= 15 is 0 Å². The van der Waals surface area contributed by atoms with Gasteiger partial charge in [-0.15, -0.1) is 0 Å². The second-order valence-corrected chi connectivity index (χ2v) is 4.46. The van der Waals surface area contributed by atoms with Crippen LogP contribution in [-0.4, -0.2) is 12.2 Å². The summed E-state index contributed by atoms with van der Waals surface area (Å²) in [6, 6.07) is 17.8. The maximum atomic E-state index is 9.20. The monoisotopic (exact) mass is 252 g/mol. The van der Waals surface area contributed by atoms with E-state index in [0.29, 0.717) is 5.56 Å². The van der Waals surface area contributed by atoms with Gasteiger partial charge < -0.3 is 10.0 Å². The Morgan fingerprint density at radius 2 is 1.84 bits per heavy atom. The Morgan fingerprint density at radius 1 is 1.11 bits per heavy atom. The minimum absolute atomic E-state index is 0.0443. The fourth-order valence-electron chi connectivity index (χ4n) is 2.05. The first-order valence-electron chi connectivity index (χ1n) is 6.13. The highest BCUT2D eigenvalue weighted by atomic mass is 16.3. The van der Waals surface area contributed by atoms with Crippen LogP contribution in [0.1, 0.15) is 16.7 Å². The topological polar surface area (TPSA) is 47.3 Å². The summed E-state index contributed by atoms with van der Waals surface area (Å²) in [4.78, 5) is 2.04. The van der Waals surface area contributed by atoms with Crippen LogP contribution in [0.5, 0.6) is 0 Å². The normalized spacial score (nSPS) is 9.95. The van der Waals surface area contributed by atoms with E-state index in [4.69, 9.17) is 5.11 Å². The number of hydrogen-bond acceptors (Lipinski definition) is 3. The van der Waals surface area contributed by atoms with E-state index in [-0.39, 0.29) is 6.61 Å². The Balaban J connectivity index is 2.24. The van der Waals surface area contributed by atoms with Crippen molar-refractivity contribution < 1.29 is 5.11 Å². The SMILES string of the molecule is CN(Cc1ccccc1)c1ccc(CO)cc1C#N. The van der Waals surface area contributed by atoms with Gasteiger partial charge in [-0.2, -0.15) is 5.26 Å². The van der Waals surface area contributed by atoms with Crippen molar-refractivity contribution in [3.8, 4) is 6.07 Å². The molecular weight excluding hydrogens is 236 g/mol. The minimum Gasteiger partial charge on any atom is -0.392 e. The van der Waals surface area contributed by atoms with Crippen LogP contribution in [-0.2, 0) is 13.2 Å². The molecule has 19 heavy (non-hydrogen) atoms. The van der Waals surface area contributed by atoms with Crippen molar-refractivity contribution in [3.05, 3.63) is 65.2 Å². The third-order valence-electron chi connectivity index (χ3n) is 3.04. The molecule has 3 heteroatoms. The highest BCUT2D eigenvalue weighted by Gasteiger charge is 2.08. The largest absolute Gasteiger partial charge is 0.392 e. The molecule has 1 N–H and O–H groups in total. The highest BCUT2D eigenvalue weighted by Crippen LogP contribution is 2.22. The average Bonchev–Trinajstić information content (AvgIpc) is 2.47. The van der Waals surface area contributed by atoms with Gasteiger partial charge in [-0.1, -0.05) is 36.4 Å². The Hall–Kier alpha value is -2.31. The fraction of sp³-hybridized carbons (Fsp3) is 0.188. The highest BCUT2D eigenvalue weighted by molar-refractivity contribution is 5.60. The number of benzene rings is 2. The van der Waals surface area contributed by atoms with Gasteiger partial charge in [0, 0.05) is 13.6 Å². The number of aliphatic hydroxyl groups excluding tert-OH is 1. The number of nitrogens with zero attached hydrogens (tertiary/aromatic N) is 2. The summed E-state index contributed by atoms with van der Waals surface area (Å²) in [7, 11) is 1.96. The van der Waals surface area contributed by atoms with Crippen molar-refractivity contribution >= 4 is 5.69 Å². The van der Waals surface area contributed by atoms with Crippen LogP contribution >= 0.6 is 0 Å². The predicted molar refractivity (Wildman–Crippen MR) is 75.6 cm³/mol. The van der Waals surface area contributed by atoms with E-state index in [1.807, 2.05) is 42.3 Å². The van der Waals surface area contributed by atoms with Crippen LogP contribution in [0, 0.1) is 11.3 Å². The van der Waals surface area contributed by atoms with Crippen molar-refractivity contribution in [2.45, 2.75) is 13.2 Å². The zero-order valence-corrected chi connectivity index (χ0v) is 10.9. The molecule has 0 radical (unpaired) electrons. The first-order chi connectivity index (χ1) is 9.24. The molecule has 0 saturated carbocycles. The number of rotatable bonds is 4. The Morgan fingerprint density at radius 3 is 2.47 bits per heavy atom. The van der Waals surface area contributed by atoms with Gasteiger partial charge in [0.05, 0.1) is 17.9 Å². The molecule has 0 amide bonds. The molecule has 0 heterocycles. The van der Waals surface area contributed by atoms with Gasteiger partial charge in [0.1, 0.15) is 6.07 Å². The Kier molecular flexibility index (Phi) is 4.17. The van der Waals surface area contributed by atoms with Crippen molar-refractivity contribution in [2.75, 3.05) is 11.9 Å². The number of aliphatic hydroxyl groups is 1. The molecule has 2 aromatic carbocycles. The van der Waals surface area contributed by atoms with E-state index in [1.54, 1.807) is 6.07 Å². The van der Waals surface area contributed by atoms with Crippen LogP contribution in [0.2, 0.25) is 0 Å². The van der Waals surface area contributed by atoms with Gasteiger partial charge in [0.2, 0.25) is 0 Å². The molecule has 0 spiro atoms. The molecular formula is C16H16N2O. The third-order valence-corrected chi connectivity index (χ3v) is 3.04. The summed E-state index contributed by atoms with van der Waals surface area (Å²) in [6.45, 7) is 0.700. The molecule has 0 saturated heterocycles. The first-order valence-corrected chi connectivity index (χ1v) is 6.13. The molecule has 0 aliphatic heterocycles. The lowest BCUT2D eigenvalue weighted by Gasteiger charge is -2.21. The molecule has 0 aliphatic rings. The van der Waals surface area contributed by atoms with Gasteiger partial charge >= 0.3 is 0 Å². The van der Waals surface area contributed by atoms with Gasteiger partial charge in [-0.3, -0.25) is 0 Å². The van der Waals surface area contributed by atoms with Crippen LogP contribution in [0.3, 0.4) is 0 Å². The Bertz CT molecular complexity index is 587. The van der Waals surface area contributed by atoms with Crippen LogP contribution in [0.15, 0.2) is 48.5 Å². The van der Waals surface area contributed by atoms with E-state index < -0.39 is 0 Å². The molecule has 2 aromatic rings. The molecule has 0 unspecified atom stereocenters. The lowest BCUT2D eigenvalue weighted by Crippen LogP contribution is -2.17. The second kappa shape index (κ2) is 6.03. The van der Waals surface area contributed by atoms with Crippen molar-refractivity contribution in [2.24, 2.45) is 0 Å². The second-order valence-electron chi connectivity index (χ2n) is 4.46. The van der Waals surface area contributed by atoms with E-state index in [0.717, 1.165) is 17.8 Å². The first kappa shape index (κ1) is 13.1. The molecule has 0 aromatic heterocycles. The van der Waals surface area contributed by atoms with Gasteiger partial charge in [0.15, 0.2) is 0 Å². The molecule has 0 bridgehead atoms. The van der Waals surface area contributed by atoms with Crippen LogP contribution in [0.25, 0.3) is 0 Å². The molecule has 0 atom stereocenters. The van der Waals surface area contributed by atoms with Crippen molar-refractivity contribution in [1.82, 2.24) is 0 Å². The third kappa shape index (κ3) is 3.12. The van der Waals surface area contributed by atoms with E-state index in [9.17, 15) is 5.26 Å². The van der Waals surface area contributed by atoms with Crippen molar-refractivity contribution in [3.63, 3.8) is 0 Å².